The standard InChI is InChI=1S/C26H32N2O2/c1-5-28(6-2)22-11-13-24(18(3)16-22)26-27-25(19(4)30-26)14-15-29-23-12-10-20-8-7-9-21(20)17-23/h10-13,16-17H,5-9,14-15H2,1-4H3. The monoisotopic (exact) mass is 404 g/mol. The number of anilines is 1. The Morgan fingerprint density at radius 3 is 2.57 bits per heavy atom. The number of nitrogens with zero attached hydrogens (tertiary/aromatic N) is 2. The van der Waals surface area contributed by atoms with Gasteiger partial charge in [-0.25, -0.2) is 4.98 Å². The van der Waals surface area contributed by atoms with Gasteiger partial charge in [0.1, 0.15) is 11.5 Å². The number of benzene rings is 2. The highest BCUT2D eigenvalue weighted by molar-refractivity contribution is 5.64. The van der Waals surface area contributed by atoms with Crippen LogP contribution in [0.4, 0.5) is 5.69 Å². The molecule has 0 N–H and O–H groups in total. The molecule has 4 heteroatoms. The minimum atomic E-state index is 0.603. The zero-order valence-electron chi connectivity index (χ0n) is 18.6. The fraction of sp³-hybridized carbons (Fsp3) is 0.423. The van der Waals surface area contributed by atoms with E-state index in [-0.39, 0.29) is 0 Å². The van der Waals surface area contributed by atoms with E-state index in [9.17, 15) is 0 Å². The molecule has 0 saturated carbocycles. The number of hydrogen-bond acceptors (Lipinski definition) is 4. The lowest BCUT2D eigenvalue weighted by molar-refractivity contribution is 0.319. The Balaban J connectivity index is 1.43. The molecular formula is C26H32N2O2. The summed E-state index contributed by atoms with van der Waals surface area (Å²) in [5.41, 5.74) is 7.37. The van der Waals surface area contributed by atoms with E-state index in [4.69, 9.17) is 14.1 Å². The molecule has 1 heterocycles. The second kappa shape index (κ2) is 8.95. The summed E-state index contributed by atoms with van der Waals surface area (Å²) >= 11 is 0. The molecule has 1 aliphatic carbocycles. The fourth-order valence-corrected chi connectivity index (χ4v) is 4.35. The highest BCUT2D eigenvalue weighted by Gasteiger charge is 2.15. The van der Waals surface area contributed by atoms with Gasteiger partial charge in [-0.1, -0.05) is 6.07 Å². The first-order chi connectivity index (χ1) is 14.6. The van der Waals surface area contributed by atoms with Gasteiger partial charge >= 0.3 is 0 Å². The average Bonchev–Trinajstić information content (AvgIpc) is 3.35. The van der Waals surface area contributed by atoms with Crippen LogP contribution in [0, 0.1) is 13.8 Å². The third-order valence-electron chi connectivity index (χ3n) is 6.14. The highest BCUT2D eigenvalue weighted by Crippen LogP contribution is 2.29. The average molecular weight is 405 g/mol. The first-order valence-electron chi connectivity index (χ1n) is 11.2. The molecule has 0 radical (unpaired) electrons. The Bertz CT molecular complexity index is 1020. The molecule has 4 nitrogen and oxygen atoms in total. The molecule has 0 fully saturated rings. The molecule has 0 spiro atoms. The predicted octanol–water partition coefficient (Wildman–Crippen LogP) is 5.91. The van der Waals surface area contributed by atoms with Crippen molar-refractivity contribution < 1.29 is 9.15 Å². The van der Waals surface area contributed by atoms with Crippen molar-refractivity contribution >= 4 is 5.69 Å². The summed E-state index contributed by atoms with van der Waals surface area (Å²) in [5.74, 6) is 2.53. The van der Waals surface area contributed by atoms with E-state index >= 15 is 0 Å². The normalized spacial score (nSPS) is 12.8. The van der Waals surface area contributed by atoms with Crippen molar-refractivity contribution in [2.24, 2.45) is 0 Å². The lowest BCUT2D eigenvalue weighted by Crippen LogP contribution is -2.21. The van der Waals surface area contributed by atoms with Crippen molar-refractivity contribution in [2.45, 2.75) is 53.4 Å². The maximum Gasteiger partial charge on any atom is 0.226 e. The number of fused-ring (bicyclic) bond motifs is 1. The third-order valence-corrected chi connectivity index (χ3v) is 6.14. The zero-order valence-corrected chi connectivity index (χ0v) is 18.6. The van der Waals surface area contributed by atoms with E-state index in [0.29, 0.717) is 12.5 Å². The van der Waals surface area contributed by atoms with Gasteiger partial charge in [0.2, 0.25) is 5.89 Å². The summed E-state index contributed by atoms with van der Waals surface area (Å²) < 4.78 is 12.0. The van der Waals surface area contributed by atoms with E-state index in [2.05, 4.69) is 62.1 Å². The summed E-state index contributed by atoms with van der Waals surface area (Å²) in [6, 6.07) is 13.0. The largest absolute Gasteiger partial charge is 0.493 e. The first kappa shape index (κ1) is 20.5. The molecule has 4 rings (SSSR count). The summed E-state index contributed by atoms with van der Waals surface area (Å²) in [6.07, 6.45) is 4.37. The number of aromatic nitrogens is 1. The van der Waals surface area contributed by atoms with Crippen LogP contribution >= 0.6 is 0 Å². The Hall–Kier alpha value is -2.75. The topological polar surface area (TPSA) is 38.5 Å². The first-order valence-corrected chi connectivity index (χ1v) is 11.2. The third kappa shape index (κ3) is 4.23. The van der Waals surface area contributed by atoms with Crippen molar-refractivity contribution in [3.05, 3.63) is 64.5 Å². The molecule has 0 aliphatic heterocycles. The van der Waals surface area contributed by atoms with Gasteiger partial charge in [-0.15, -0.1) is 0 Å². The molecule has 0 atom stereocenters. The molecule has 2 aromatic carbocycles. The van der Waals surface area contributed by atoms with Crippen LogP contribution in [-0.4, -0.2) is 24.7 Å². The molecular weight excluding hydrogens is 372 g/mol. The van der Waals surface area contributed by atoms with Gasteiger partial charge in [0.15, 0.2) is 0 Å². The minimum absolute atomic E-state index is 0.603. The number of ether oxygens (including phenoxy) is 1. The number of aryl methyl sites for hydroxylation is 4. The van der Waals surface area contributed by atoms with E-state index in [1.165, 1.54) is 41.6 Å². The summed E-state index contributed by atoms with van der Waals surface area (Å²) in [6.45, 7) is 11.1. The fourth-order valence-electron chi connectivity index (χ4n) is 4.35. The Labute approximate surface area is 179 Å². The summed E-state index contributed by atoms with van der Waals surface area (Å²) in [5, 5.41) is 0. The van der Waals surface area contributed by atoms with Gasteiger partial charge < -0.3 is 14.1 Å². The van der Waals surface area contributed by atoms with Gasteiger partial charge in [-0.05, 0) is 94.0 Å². The predicted molar refractivity (Wildman–Crippen MR) is 123 cm³/mol. The van der Waals surface area contributed by atoms with Crippen LogP contribution in [0.15, 0.2) is 40.8 Å². The van der Waals surface area contributed by atoms with Gasteiger partial charge in [0.25, 0.3) is 0 Å². The molecule has 30 heavy (non-hydrogen) atoms. The molecule has 158 valence electrons. The molecule has 1 aliphatic rings. The maximum absolute atomic E-state index is 6.02. The van der Waals surface area contributed by atoms with E-state index in [0.717, 1.165) is 42.3 Å². The van der Waals surface area contributed by atoms with Crippen molar-refractivity contribution in [1.29, 1.82) is 0 Å². The molecule has 0 saturated heterocycles. The number of hydrogen-bond donors (Lipinski definition) is 0. The van der Waals surface area contributed by atoms with Crippen LogP contribution in [0.1, 0.15) is 48.4 Å². The van der Waals surface area contributed by atoms with E-state index < -0.39 is 0 Å². The smallest absolute Gasteiger partial charge is 0.226 e. The lowest BCUT2D eigenvalue weighted by atomic mass is 10.1. The SMILES string of the molecule is CCN(CC)c1ccc(-c2nc(CCOc3ccc4c(c3)CCC4)c(C)o2)c(C)c1. The molecule has 1 aromatic heterocycles. The van der Waals surface area contributed by atoms with Gasteiger partial charge in [0, 0.05) is 30.8 Å². The van der Waals surface area contributed by atoms with Gasteiger partial charge in [-0.2, -0.15) is 0 Å². The van der Waals surface area contributed by atoms with E-state index in [1.807, 2.05) is 6.92 Å². The summed E-state index contributed by atoms with van der Waals surface area (Å²) in [4.78, 5) is 7.13. The maximum atomic E-state index is 6.02. The minimum Gasteiger partial charge on any atom is -0.493 e. The van der Waals surface area contributed by atoms with Crippen LogP contribution in [0.2, 0.25) is 0 Å². The van der Waals surface area contributed by atoms with Crippen molar-refractivity contribution in [2.75, 3.05) is 24.6 Å². The quantitative estimate of drug-likeness (QED) is 0.467. The van der Waals surface area contributed by atoms with E-state index in [1.54, 1.807) is 0 Å². The van der Waals surface area contributed by atoms with Crippen LogP contribution in [0.3, 0.4) is 0 Å². The van der Waals surface area contributed by atoms with Gasteiger partial charge in [-0.3, -0.25) is 0 Å². The summed E-state index contributed by atoms with van der Waals surface area (Å²) in [7, 11) is 0. The molecule has 0 bridgehead atoms. The van der Waals surface area contributed by atoms with Crippen LogP contribution < -0.4 is 9.64 Å². The second-order valence-corrected chi connectivity index (χ2v) is 8.08. The van der Waals surface area contributed by atoms with Crippen LogP contribution in [0.5, 0.6) is 5.75 Å². The van der Waals surface area contributed by atoms with Crippen LogP contribution in [0.25, 0.3) is 11.5 Å². The van der Waals surface area contributed by atoms with Crippen molar-refractivity contribution in [3.8, 4) is 17.2 Å². The zero-order chi connectivity index (χ0) is 21.1. The Morgan fingerprint density at radius 2 is 1.80 bits per heavy atom. The number of oxazole rings is 1. The number of rotatable bonds is 8. The highest BCUT2D eigenvalue weighted by atomic mass is 16.5. The molecule has 0 unspecified atom stereocenters. The van der Waals surface area contributed by atoms with Gasteiger partial charge in [0.05, 0.1) is 12.3 Å². The Kier molecular flexibility index (Phi) is 6.12. The van der Waals surface area contributed by atoms with Crippen molar-refractivity contribution in [3.63, 3.8) is 0 Å². The van der Waals surface area contributed by atoms with Crippen molar-refractivity contribution in [1.82, 2.24) is 4.98 Å². The lowest BCUT2D eigenvalue weighted by Gasteiger charge is -2.21. The Morgan fingerprint density at radius 1 is 1.00 bits per heavy atom. The molecule has 3 aromatic rings. The molecule has 0 amide bonds. The second-order valence-electron chi connectivity index (χ2n) is 8.08. The van der Waals surface area contributed by atoms with Crippen LogP contribution in [-0.2, 0) is 19.3 Å².